The van der Waals surface area contributed by atoms with E-state index in [1.54, 1.807) is 23.9 Å². The normalized spacial score (nSPS) is 9.75. The molecule has 0 saturated heterocycles. The third kappa shape index (κ3) is 1.07. The molecule has 0 radical (unpaired) electrons. The fourth-order valence-corrected chi connectivity index (χ4v) is 1.09. The van der Waals surface area contributed by atoms with E-state index in [1.165, 1.54) is 0 Å². The van der Waals surface area contributed by atoms with Gasteiger partial charge in [0.2, 0.25) is 0 Å². The number of amides is 1. The van der Waals surface area contributed by atoms with Crippen LogP contribution in [0, 0.1) is 0 Å². The number of carbonyl (C=O) groups is 1. The molecule has 0 atom stereocenters. The van der Waals surface area contributed by atoms with Crippen LogP contribution in [0.4, 0.5) is 5.82 Å². The van der Waals surface area contributed by atoms with Gasteiger partial charge in [-0.2, -0.15) is 0 Å². The maximum atomic E-state index is 10.9. The zero-order valence-corrected chi connectivity index (χ0v) is 6.87. The monoisotopic (exact) mass is 165 g/mol. The first-order chi connectivity index (χ1) is 5.57. The molecule has 0 unspecified atom stereocenters. The van der Waals surface area contributed by atoms with Crippen LogP contribution in [0.1, 0.15) is 15.9 Å². The molecular weight excluding hydrogens is 154 g/mol. The molecule has 4 N–H and O–H groups in total. The molecule has 0 fully saturated rings. The second-order valence-electron chi connectivity index (χ2n) is 2.52. The van der Waals surface area contributed by atoms with Crippen molar-refractivity contribution in [1.82, 2.24) is 4.57 Å². The first-order valence-electron chi connectivity index (χ1n) is 3.45. The molecule has 1 rings (SSSR count). The average Bonchev–Trinajstić information content (AvgIpc) is 2.28. The standard InChI is InChI=1S/C8H11N3O/c1-3-5-4-11(2)7(9)6(5)8(10)12/h3-4H,1,9H2,2H3,(H2,10,12). The Kier molecular flexibility index (Phi) is 1.91. The molecule has 1 amide bonds. The van der Waals surface area contributed by atoms with E-state index in [-0.39, 0.29) is 0 Å². The van der Waals surface area contributed by atoms with E-state index in [9.17, 15) is 4.79 Å². The number of aromatic nitrogens is 1. The van der Waals surface area contributed by atoms with Crippen LogP contribution in [0.25, 0.3) is 6.08 Å². The molecular formula is C8H11N3O. The zero-order chi connectivity index (χ0) is 9.30. The van der Waals surface area contributed by atoms with Gasteiger partial charge in [0, 0.05) is 18.8 Å². The molecule has 0 bridgehead atoms. The number of nitrogens with zero attached hydrogens (tertiary/aromatic N) is 1. The fourth-order valence-electron chi connectivity index (χ4n) is 1.09. The Labute approximate surface area is 70.5 Å². The first-order valence-corrected chi connectivity index (χ1v) is 3.45. The molecule has 0 aromatic carbocycles. The van der Waals surface area contributed by atoms with Gasteiger partial charge in [0.05, 0.1) is 5.56 Å². The molecule has 4 nitrogen and oxygen atoms in total. The van der Waals surface area contributed by atoms with Crippen molar-refractivity contribution in [2.75, 3.05) is 5.73 Å². The number of primary amides is 1. The minimum Gasteiger partial charge on any atom is -0.384 e. The Hall–Kier alpha value is -1.71. The van der Waals surface area contributed by atoms with Crippen molar-refractivity contribution in [3.8, 4) is 0 Å². The third-order valence-corrected chi connectivity index (χ3v) is 1.72. The minimum atomic E-state index is -0.525. The van der Waals surface area contributed by atoms with E-state index in [4.69, 9.17) is 11.5 Å². The van der Waals surface area contributed by atoms with Gasteiger partial charge in [-0.3, -0.25) is 4.79 Å². The summed E-state index contributed by atoms with van der Waals surface area (Å²) in [6.07, 6.45) is 3.26. The number of hydrogen-bond donors (Lipinski definition) is 2. The van der Waals surface area contributed by atoms with Gasteiger partial charge < -0.3 is 16.0 Å². The number of aryl methyl sites for hydroxylation is 1. The summed E-state index contributed by atoms with van der Waals surface area (Å²) in [5, 5.41) is 0. The van der Waals surface area contributed by atoms with Crippen LogP contribution < -0.4 is 11.5 Å². The topological polar surface area (TPSA) is 74.0 Å². The minimum absolute atomic E-state index is 0.340. The smallest absolute Gasteiger partial charge is 0.253 e. The Morgan fingerprint density at radius 3 is 2.67 bits per heavy atom. The lowest BCUT2D eigenvalue weighted by atomic mass is 10.2. The molecule has 1 heterocycles. The van der Waals surface area contributed by atoms with Gasteiger partial charge >= 0.3 is 0 Å². The Morgan fingerprint density at radius 1 is 1.75 bits per heavy atom. The highest BCUT2D eigenvalue weighted by molar-refractivity contribution is 6.01. The number of nitrogen functional groups attached to an aromatic ring is 1. The maximum Gasteiger partial charge on any atom is 0.253 e. The molecule has 4 heteroatoms. The highest BCUT2D eigenvalue weighted by atomic mass is 16.1. The molecule has 1 aromatic rings. The van der Waals surface area contributed by atoms with Gasteiger partial charge in [-0.25, -0.2) is 0 Å². The van der Waals surface area contributed by atoms with Gasteiger partial charge in [-0.05, 0) is 0 Å². The number of hydrogen-bond acceptors (Lipinski definition) is 2. The summed E-state index contributed by atoms with van der Waals surface area (Å²) < 4.78 is 1.64. The fraction of sp³-hybridized carbons (Fsp3) is 0.125. The van der Waals surface area contributed by atoms with Gasteiger partial charge in [0.25, 0.3) is 5.91 Å². The Morgan fingerprint density at radius 2 is 2.33 bits per heavy atom. The molecule has 0 saturated carbocycles. The van der Waals surface area contributed by atoms with E-state index in [1.807, 2.05) is 0 Å². The van der Waals surface area contributed by atoms with Gasteiger partial charge in [0.15, 0.2) is 0 Å². The van der Waals surface area contributed by atoms with Crippen LogP contribution in [-0.4, -0.2) is 10.5 Å². The highest BCUT2D eigenvalue weighted by Crippen LogP contribution is 2.18. The number of anilines is 1. The zero-order valence-electron chi connectivity index (χ0n) is 6.87. The summed E-state index contributed by atoms with van der Waals surface area (Å²) in [4.78, 5) is 10.9. The third-order valence-electron chi connectivity index (χ3n) is 1.72. The quantitative estimate of drug-likeness (QED) is 0.663. The largest absolute Gasteiger partial charge is 0.384 e. The van der Waals surface area contributed by atoms with Crippen LogP contribution in [-0.2, 0) is 7.05 Å². The van der Waals surface area contributed by atoms with E-state index < -0.39 is 5.91 Å². The predicted molar refractivity (Wildman–Crippen MR) is 48.4 cm³/mol. The molecule has 0 aliphatic rings. The Bertz CT molecular complexity index is 338. The summed E-state index contributed by atoms with van der Waals surface area (Å²) in [6.45, 7) is 3.55. The lowest BCUT2D eigenvalue weighted by Gasteiger charge is -1.96. The molecule has 0 aliphatic carbocycles. The van der Waals surface area contributed by atoms with Gasteiger partial charge in [0.1, 0.15) is 5.82 Å². The summed E-state index contributed by atoms with van der Waals surface area (Å²) in [5.74, 6) is -0.152. The molecule has 1 aromatic heterocycles. The molecule has 64 valence electrons. The molecule has 0 spiro atoms. The summed E-state index contributed by atoms with van der Waals surface area (Å²) in [5.41, 5.74) is 11.7. The average molecular weight is 165 g/mol. The number of nitrogens with two attached hydrogens (primary N) is 2. The van der Waals surface area contributed by atoms with Crippen LogP contribution in [0.5, 0.6) is 0 Å². The van der Waals surface area contributed by atoms with E-state index >= 15 is 0 Å². The lowest BCUT2D eigenvalue weighted by molar-refractivity contribution is 0.100. The van der Waals surface area contributed by atoms with Crippen molar-refractivity contribution in [3.05, 3.63) is 23.9 Å². The number of rotatable bonds is 2. The van der Waals surface area contributed by atoms with Crippen LogP contribution >= 0.6 is 0 Å². The SMILES string of the molecule is C=Cc1cn(C)c(N)c1C(N)=O. The summed E-state index contributed by atoms with van der Waals surface area (Å²) >= 11 is 0. The van der Waals surface area contributed by atoms with Crippen LogP contribution in [0.2, 0.25) is 0 Å². The van der Waals surface area contributed by atoms with Gasteiger partial charge in [-0.1, -0.05) is 12.7 Å². The Balaban J connectivity index is 3.40. The highest BCUT2D eigenvalue weighted by Gasteiger charge is 2.13. The predicted octanol–water partition coefficient (Wildman–Crippen LogP) is 0.349. The van der Waals surface area contributed by atoms with Crippen molar-refractivity contribution in [3.63, 3.8) is 0 Å². The lowest BCUT2D eigenvalue weighted by Crippen LogP contribution is -2.14. The summed E-state index contributed by atoms with van der Waals surface area (Å²) in [6, 6.07) is 0. The van der Waals surface area contributed by atoms with Crippen molar-refractivity contribution in [2.45, 2.75) is 0 Å². The van der Waals surface area contributed by atoms with Crippen LogP contribution in [0.15, 0.2) is 12.8 Å². The van der Waals surface area contributed by atoms with Crippen molar-refractivity contribution >= 4 is 17.8 Å². The van der Waals surface area contributed by atoms with Crippen molar-refractivity contribution in [2.24, 2.45) is 12.8 Å². The van der Waals surface area contributed by atoms with Crippen molar-refractivity contribution < 1.29 is 4.79 Å². The molecule has 12 heavy (non-hydrogen) atoms. The van der Waals surface area contributed by atoms with Crippen molar-refractivity contribution in [1.29, 1.82) is 0 Å². The second kappa shape index (κ2) is 2.73. The number of carbonyl (C=O) groups excluding carboxylic acids is 1. The second-order valence-corrected chi connectivity index (χ2v) is 2.52. The molecule has 0 aliphatic heterocycles. The first kappa shape index (κ1) is 8.39. The van der Waals surface area contributed by atoms with E-state index in [0.717, 1.165) is 0 Å². The van der Waals surface area contributed by atoms with Gasteiger partial charge in [-0.15, -0.1) is 0 Å². The van der Waals surface area contributed by atoms with E-state index in [0.29, 0.717) is 16.9 Å². The summed E-state index contributed by atoms with van der Waals surface area (Å²) in [7, 11) is 1.74. The van der Waals surface area contributed by atoms with Crippen LogP contribution in [0.3, 0.4) is 0 Å². The van der Waals surface area contributed by atoms with E-state index in [2.05, 4.69) is 6.58 Å². The maximum absolute atomic E-state index is 10.9.